The van der Waals surface area contributed by atoms with Crippen LogP contribution in [0.4, 0.5) is 0 Å². The van der Waals surface area contributed by atoms with Crippen molar-refractivity contribution in [1.29, 1.82) is 0 Å². The molecule has 3 aromatic rings. The molecule has 0 heterocycles. The molecule has 0 saturated carbocycles. The predicted molar refractivity (Wildman–Crippen MR) is 126 cm³/mol. The van der Waals surface area contributed by atoms with Crippen LogP contribution in [0.1, 0.15) is 42.4 Å². The number of rotatable bonds is 12. The maximum absolute atomic E-state index is 6.80. The molecule has 0 amide bonds. The van der Waals surface area contributed by atoms with Crippen LogP contribution in [0.25, 0.3) is 0 Å². The summed E-state index contributed by atoms with van der Waals surface area (Å²) >= 11 is 0. The summed E-state index contributed by atoms with van der Waals surface area (Å²) in [6, 6.07) is 26.7. The molecule has 0 spiro atoms. The van der Waals surface area contributed by atoms with Gasteiger partial charge in [-0.15, -0.1) is 0 Å². The van der Waals surface area contributed by atoms with Crippen LogP contribution in [-0.2, 0) is 10.3 Å². The Morgan fingerprint density at radius 3 is 1.58 bits per heavy atom. The van der Waals surface area contributed by atoms with Crippen LogP contribution in [0, 0.1) is 0 Å². The van der Waals surface area contributed by atoms with Gasteiger partial charge >= 0.3 is 0 Å². The van der Waals surface area contributed by atoms with Crippen LogP contribution in [0.15, 0.2) is 78.9 Å². The fourth-order valence-corrected chi connectivity index (χ4v) is 3.90. The summed E-state index contributed by atoms with van der Waals surface area (Å²) in [6.07, 6.45) is 4.28. The van der Waals surface area contributed by atoms with Gasteiger partial charge in [0, 0.05) is 6.61 Å². The van der Waals surface area contributed by atoms with Crippen LogP contribution < -0.4 is 15.2 Å². The molecule has 0 saturated heterocycles. The molecule has 3 rings (SSSR count). The van der Waals surface area contributed by atoms with Crippen molar-refractivity contribution < 1.29 is 14.2 Å². The van der Waals surface area contributed by atoms with E-state index in [0.717, 1.165) is 60.4 Å². The highest BCUT2D eigenvalue weighted by Gasteiger charge is 2.37. The molecule has 0 bridgehead atoms. The standard InChI is InChI=1S/C27H33NO3/c1-29-25-16-12-23(13-17-25)27(22-10-6-5-7-11-22,31-21-9-4-3-8-20-28)24-14-18-26(30-2)19-15-24/h5-7,10-19H,3-4,8-9,20-21,28H2,1-2H3. The lowest BCUT2D eigenvalue weighted by molar-refractivity contribution is 0.0106. The van der Waals surface area contributed by atoms with Gasteiger partial charge in [-0.2, -0.15) is 0 Å². The van der Waals surface area contributed by atoms with Crippen molar-refractivity contribution in [3.8, 4) is 11.5 Å². The first-order chi connectivity index (χ1) is 15.2. The molecule has 3 aromatic carbocycles. The van der Waals surface area contributed by atoms with Crippen LogP contribution in [0.5, 0.6) is 11.5 Å². The molecule has 0 atom stereocenters. The first-order valence-electron chi connectivity index (χ1n) is 10.9. The summed E-state index contributed by atoms with van der Waals surface area (Å²) in [7, 11) is 3.36. The van der Waals surface area contributed by atoms with Gasteiger partial charge in [-0.25, -0.2) is 0 Å². The molecule has 0 aliphatic heterocycles. The number of benzene rings is 3. The lowest BCUT2D eigenvalue weighted by atomic mass is 9.80. The van der Waals surface area contributed by atoms with Gasteiger partial charge in [-0.3, -0.25) is 0 Å². The predicted octanol–water partition coefficient (Wildman–Crippen LogP) is 5.53. The van der Waals surface area contributed by atoms with E-state index < -0.39 is 5.60 Å². The molecule has 0 fully saturated rings. The third-order valence-electron chi connectivity index (χ3n) is 5.59. The first kappa shape index (κ1) is 22.9. The lowest BCUT2D eigenvalue weighted by Gasteiger charge is -2.36. The Bertz CT molecular complexity index is 845. The third-order valence-corrected chi connectivity index (χ3v) is 5.59. The van der Waals surface area contributed by atoms with E-state index in [1.165, 1.54) is 0 Å². The summed E-state index contributed by atoms with van der Waals surface area (Å²) in [5.41, 5.74) is 8.12. The van der Waals surface area contributed by atoms with Gasteiger partial charge in [0.15, 0.2) is 0 Å². The maximum atomic E-state index is 6.80. The quantitative estimate of drug-likeness (QED) is 0.310. The average Bonchev–Trinajstić information content (AvgIpc) is 2.85. The number of hydrogen-bond donors (Lipinski definition) is 1. The highest BCUT2D eigenvalue weighted by atomic mass is 16.5. The second-order valence-corrected chi connectivity index (χ2v) is 7.56. The van der Waals surface area contributed by atoms with E-state index in [4.69, 9.17) is 19.9 Å². The zero-order valence-corrected chi connectivity index (χ0v) is 18.6. The SMILES string of the molecule is COc1ccc(C(OCCCCCCN)(c2ccccc2)c2ccc(OC)cc2)cc1. The zero-order valence-electron chi connectivity index (χ0n) is 18.6. The van der Waals surface area contributed by atoms with Gasteiger partial charge in [0.1, 0.15) is 17.1 Å². The van der Waals surface area contributed by atoms with Crippen LogP contribution in [-0.4, -0.2) is 27.4 Å². The molecular weight excluding hydrogens is 386 g/mol. The summed E-state index contributed by atoms with van der Waals surface area (Å²) in [5, 5.41) is 0. The highest BCUT2D eigenvalue weighted by molar-refractivity contribution is 5.49. The summed E-state index contributed by atoms with van der Waals surface area (Å²) < 4.78 is 17.6. The van der Waals surface area contributed by atoms with Crippen LogP contribution in [0.3, 0.4) is 0 Å². The smallest absolute Gasteiger partial charge is 0.143 e. The minimum atomic E-state index is -0.729. The van der Waals surface area contributed by atoms with Gasteiger partial charge in [0.2, 0.25) is 0 Å². The molecule has 31 heavy (non-hydrogen) atoms. The Morgan fingerprint density at radius 1 is 0.613 bits per heavy atom. The molecule has 4 heteroatoms. The molecule has 4 nitrogen and oxygen atoms in total. The van der Waals surface area contributed by atoms with E-state index in [9.17, 15) is 0 Å². The molecule has 2 N–H and O–H groups in total. The Balaban J connectivity index is 2.05. The van der Waals surface area contributed by atoms with Crippen molar-refractivity contribution >= 4 is 0 Å². The second-order valence-electron chi connectivity index (χ2n) is 7.56. The highest BCUT2D eigenvalue weighted by Crippen LogP contribution is 2.41. The van der Waals surface area contributed by atoms with E-state index in [-0.39, 0.29) is 0 Å². The monoisotopic (exact) mass is 419 g/mol. The molecule has 0 aliphatic rings. The van der Waals surface area contributed by atoms with E-state index in [1.54, 1.807) is 14.2 Å². The average molecular weight is 420 g/mol. The number of ether oxygens (including phenoxy) is 3. The Hall–Kier alpha value is -2.82. The largest absolute Gasteiger partial charge is 0.497 e. The minimum Gasteiger partial charge on any atom is -0.497 e. The topological polar surface area (TPSA) is 53.7 Å². The van der Waals surface area contributed by atoms with E-state index in [2.05, 4.69) is 48.5 Å². The first-order valence-corrected chi connectivity index (χ1v) is 10.9. The molecular formula is C27H33NO3. The van der Waals surface area contributed by atoms with Crippen molar-refractivity contribution in [3.63, 3.8) is 0 Å². The van der Waals surface area contributed by atoms with Crippen molar-refractivity contribution in [2.45, 2.75) is 31.3 Å². The maximum Gasteiger partial charge on any atom is 0.143 e. The van der Waals surface area contributed by atoms with Gasteiger partial charge in [0.25, 0.3) is 0 Å². The molecule has 0 radical (unpaired) electrons. The Kier molecular flexibility index (Phi) is 8.51. The van der Waals surface area contributed by atoms with E-state index in [1.807, 2.05) is 30.3 Å². The van der Waals surface area contributed by atoms with Crippen LogP contribution in [0.2, 0.25) is 0 Å². The van der Waals surface area contributed by atoms with Crippen molar-refractivity contribution in [2.75, 3.05) is 27.4 Å². The number of methoxy groups -OCH3 is 2. The van der Waals surface area contributed by atoms with Crippen molar-refractivity contribution in [2.24, 2.45) is 5.73 Å². The van der Waals surface area contributed by atoms with Gasteiger partial charge in [0.05, 0.1) is 14.2 Å². The van der Waals surface area contributed by atoms with Crippen molar-refractivity contribution in [1.82, 2.24) is 0 Å². The Labute approximate surface area is 186 Å². The molecule has 164 valence electrons. The third kappa shape index (κ3) is 5.46. The summed E-state index contributed by atoms with van der Waals surface area (Å²) in [5.74, 6) is 1.64. The van der Waals surface area contributed by atoms with Gasteiger partial charge in [-0.1, -0.05) is 67.4 Å². The minimum absolute atomic E-state index is 0.650. The van der Waals surface area contributed by atoms with Crippen molar-refractivity contribution in [3.05, 3.63) is 95.6 Å². The lowest BCUT2D eigenvalue weighted by Crippen LogP contribution is -2.33. The van der Waals surface area contributed by atoms with Crippen LogP contribution >= 0.6 is 0 Å². The van der Waals surface area contributed by atoms with Gasteiger partial charge in [-0.05, 0) is 60.3 Å². The molecule has 0 aliphatic carbocycles. The fraction of sp³-hybridized carbons (Fsp3) is 0.333. The van der Waals surface area contributed by atoms with E-state index in [0.29, 0.717) is 6.61 Å². The van der Waals surface area contributed by atoms with E-state index >= 15 is 0 Å². The number of nitrogens with two attached hydrogens (primary N) is 1. The summed E-state index contributed by atoms with van der Waals surface area (Å²) in [6.45, 7) is 1.39. The molecule has 0 aromatic heterocycles. The Morgan fingerprint density at radius 2 is 1.10 bits per heavy atom. The number of hydrogen-bond acceptors (Lipinski definition) is 4. The fourth-order valence-electron chi connectivity index (χ4n) is 3.90. The normalized spacial score (nSPS) is 11.3. The zero-order chi connectivity index (χ0) is 21.9. The number of unbranched alkanes of at least 4 members (excludes halogenated alkanes) is 3. The van der Waals surface area contributed by atoms with Gasteiger partial charge < -0.3 is 19.9 Å². The molecule has 0 unspecified atom stereocenters. The second kappa shape index (κ2) is 11.5. The summed E-state index contributed by atoms with van der Waals surface area (Å²) in [4.78, 5) is 0.